The zero-order valence-electron chi connectivity index (χ0n) is 13.9. The van der Waals surface area contributed by atoms with E-state index in [0.717, 1.165) is 6.42 Å². The summed E-state index contributed by atoms with van der Waals surface area (Å²) in [6.45, 7) is 2.06. The van der Waals surface area contributed by atoms with Gasteiger partial charge in [0.25, 0.3) is 0 Å². The van der Waals surface area contributed by atoms with Gasteiger partial charge in [0, 0.05) is 19.2 Å². The molecule has 0 aliphatic rings. The van der Waals surface area contributed by atoms with Gasteiger partial charge in [-0.2, -0.15) is 0 Å². The van der Waals surface area contributed by atoms with E-state index < -0.39 is 10.0 Å². The Morgan fingerprint density at radius 2 is 1.67 bits per heavy atom. The van der Waals surface area contributed by atoms with E-state index >= 15 is 0 Å². The van der Waals surface area contributed by atoms with Crippen molar-refractivity contribution < 1.29 is 13.2 Å². The molecule has 0 saturated heterocycles. The van der Waals surface area contributed by atoms with Gasteiger partial charge in [0.15, 0.2) is 0 Å². The Bertz CT molecular complexity index is 772. The molecule has 6 heteroatoms. The molecule has 1 N–H and O–H groups in total. The van der Waals surface area contributed by atoms with Crippen LogP contribution in [0.4, 0.5) is 11.4 Å². The SMILES string of the molecule is CCc1ccc(NC(=O)CCS(=O)(=O)N(C)c2ccccc2)cc1. The third-order valence-electron chi connectivity index (χ3n) is 3.77. The quantitative estimate of drug-likeness (QED) is 0.838. The fraction of sp³-hybridized carbons (Fsp3) is 0.278. The van der Waals surface area contributed by atoms with Crippen LogP contribution in [0.1, 0.15) is 18.9 Å². The van der Waals surface area contributed by atoms with Gasteiger partial charge in [-0.1, -0.05) is 37.3 Å². The summed E-state index contributed by atoms with van der Waals surface area (Å²) >= 11 is 0. The van der Waals surface area contributed by atoms with Gasteiger partial charge in [-0.3, -0.25) is 9.10 Å². The first-order valence-electron chi connectivity index (χ1n) is 7.83. The number of para-hydroxylation sites is 1. The molecule has 128 valence electrons. The number of nitrogens with zero attached hydrogens (tertiary/aromatic N) is 1. The van der Waals surface area contributed by atoms with Crippen LogP contribution in [0.15, 0.2) is 54.6 Å². The molecule has 2 aromatic rings. The first-order valence-corrected chi connectivity index (χ1v) is 9.43. The molecule has 0 heterocycles. The number of hydrogen-bond acceptors (Lipinski definition) is 3. The number of benzene rings is 2. The highest BCUT2D eigenvalue weighted by Crippen LogP contribution is 2.16. The van der Waals surface area contributed by atoms with Crippen LogP contribution in [0.25, 0.3) is 0 Å². The number of nitrogens with one attached hydrogen (secondary N) is 1. The number of carbonyl (C=O) groups excluding carboxylic acids is 1. The van der Waals surface area contributed by atoms with E-state index in [1.807, 2.05) is 30.3 Å². The summed E-state index contributed by atoms with van der Waals surface area (Å²) in [7, 11) is -2.05. The Kier molecular flexibility index (Phi) is 5.98. The van der Waals surface area contributed by atoms with Crippen molar-refractivity contribution in [3.8, 4) is 0 Å². The molecule has 0 spiro atoms. The Morgan fingerprint density at radius 3 is 2.25 bits per heavy atom. The van der Waals surface area contributed by atoms with E-state index in [4.69, 9.17) is 0 Å². The van der Waals surface area contributed by atoms with E-state index in [-0.39, 0.29) is 18.1 Å². The van der Waals surface area contributed by atoms with Crippen molar-refractivity contribution in [1.82, 2.24) is 0 Å². The zero-order valence-corrected chi connectivity index (χ0v) is 14.7. The third kappa shape index (κ3) is 4.83. The van der Waals surface area contributed by atoms with Gasteiger partial charge >= 0.3 is 0 Å². The molecular formula is C18H22N2O3S. The molecule has 1 amide bonds. The van der Waals surface area contributed by atoms with Gasteiger partial charge in [-0.05, 0) is 36.2 Å². The molecule has 0 aliphatic heterocycles. The van der Waals surface area contributed by atoms with E-state index in [2.05, 4.69) is 12.2 Å². The van der Waals surface area contributed by atoms with Crippen LogP contribution in [0.2, 0.25) is 0 Å². The fourth-order valence-corrected chi connectivity index (χ4v) is 3.36. The highest BCUT2D eigenvalue weighted by atomic mass is 32.2. The summed E-state index contributed by atoms with van der Waals surface area (Å²) in [5.41, 5.74) is 2.43. The summed E-state index contributed by atoms with van der Waals surface area (Å²) in [5, 5.41) is 2.72. The fourth-order valence-electron chi connectivity index (χ4n) is 2.20. The standard InChI is InChI=1S/C18H22N2O3S/c1-3-15-9-11-16(12-10-15)19-18(21)13-14-24(22,23)20(2)17-7-5-4-6-8-17/h4-12H,3,13-14H2,1-2H3,(H,19,21). The maximum Gasteiger partial charge on any atom is 0.235 e. The highest BCUT2D eigenvalue weighted by Gasteiger charge is 2.19. The number of aryl methyl sites for hydroxylation is 1. The normalized spacial score (nSPS) is 11.1. The number of anilines is 2. The minimum Gasteiger partial charge on any atom is -0.326 e. The molecule has 0 unspecified atom stereocenters. The smallest absolute Gasteiger partial charge is 0.235 e. The first-order chi connectivity index (χ1) is 11.4. The second kappa shape index (κ2) is 7.97. The summed E-state index contributed by atoms with van der Waals surface area (Å²) in [5.74, 6) is -0.554. The van der Waals surface area contributed by atoms with E-state index in [0.29, 0.717) is 11.4 Å². The topological polar surface area (TPSA) is 66.5 Å². The first kappa shape index (κ1) is 18.0. The van der Waals surface area contributed by atoms with Gasteiger partial charge in [0.2, 0.25) is 15.9 Å². The molecule has 0 atom stereocenters. The summed E-state index contributed by atoms with van der Waals surface area (Å²) in [6.07, 6.45) is 0.841. The number of sulfonamides is 1. The maximum atomic E-state index is 12.3. The van der Waals surface area contributed by atoms with Crippen LogP contribution in [-0.2, 0) is 21.2 Å². The van der Waals surface area contributed by atoms with E-state index in [1.54, 1.807) is 24.3 Å². The summed E-state index contributed by atoms with van der Waals surface area (Å²) < 4.78 is 25.8. The van der Waals surface area contributed by atoms with Crippen molar-refractivity contribution in [2.45, 2.75) is 19.8 Å². The van der Waals surface area contributed by atoms with E-state index in [9.17, 15) is 13.2 Å². The van der Waals surface area contributed by atoms with Gasteiger partial charge in [-0.25, -0.2) is 8.42 Å². The van der Waals surface area contributed by atoms with Gasteiger partial charge in [-0.15, -0.1) is 0 Å². The zero-order chi connectivity index (χ0) is 17.6. The maximum absolute atomic E-state index is 12.3. The van der Waals surface area contributed by atoms with Crippen molar-refractivity contribution in [2.24, 2.45) is 0 Å². The average Bonchev–Trinajstić information content (AvgIpc) is 2.61. The molecule has 2 aromatic carbocycles. The van der Waals surface area contributed by atoms with Crippen LogP contribution in [-0.4, -0.2) is 27.1 Å². The Balaban J connectivity index is 1.92. The van der Waals surface area contributed by atoms with Crippen molar-refractivity contribution in [2.75, 3.05) is 22.4 Å². The van der Waals surface area contributed by atoms with Gasteiger partial charge in [0.05, 0.1) is 11.4 Å². The Morgan fingerprint density at radius 1 is 1.04 bits per heavy atom. The molecule has 0 bridgehead atoms. The molecule has 0 aromatic heterocycles. The Labute approximate surface area is 143 Å². The number of rotatable bonds is 7. The molecule has 0 aliphatic carbocycles. The summed E-state index contributed by atoms with van der Waals surface area (Å²) in [6, 6.07) is 16.3. The van der Waals surface area contributed by atoms with Crippen molar-refractivity contribution in [3.05, 3.63) is 60.2 Å². The third-order valence-corrected chi connectivity index (χ3v) is 5.54. The monoisotopic (exact) mass is 346 g/mol. The lowest BCUT2D eigenvalue weighted by molar-refractivity contribution is -0.115. The average molecular weight is 346 g/mol. The van der Waals surface area contributed by atoms with Gasteiger partial charge in [0.1, 0.15) is 0 Å². The van der Waals surface area contributed by atoms with Crippen molar-refractivity contribution in [3.63, 3.8) is 0 Å². The predicted molar refractivity (Wildman–Crippen MR) is 97.7 cm³/mol. The predicted octanol–water partition coefficient (Wildman–Crippen LogP) is 3.04. The second-order valence-electron chi connectivity index (χ2n) is 5.47. The molecule has 0 radical (unpaired) electrons. The highest BCUT2D eigenvalue weighted by molar-refractivity contribution is 7.92. The Hall–Kier alpha value is -2.34. The largest absolute Gasteiger partial charge is 0.326 e. The molecule has 5 nitrogen and oxygen atoms in total. The lowest BCUT2D eigenvalue weighted by Gasteiger charge is -2.19. The molecule has 0 saturated carbocycles. The van der Waals surface area contributed by atoms with E-state index in [1.165, 1.54) is 16.9 Å². The van der Waals surface area contributed by atoms with Crippen LogP contribution < -0.4 is 9.62 Å². The molecule has 24 heavy (non-hydrogen) atoms. The molecular weight excluding hydrogens is 324 g/mol. The number of hydrogen-bond donors (Lipinski definition) is 1. The minimum absolute atomic E-state index is 0.0883. The van der Waals surface area contributed by atoms with Crippen LogP contribution >= 0.6 is 0 Å². The van der Waals surface area contributed by atoms with Crippen molar-refractivity contribution >= 4 is 27.3 Å². The lowest BCUT2D eigenvalue weighted by atomic mass is 10.1. The molecule has 2 rings (SSSR count). The van der Waals surface area contributed by atoms with Crippen LogP contribution in [0.3, 0.4) is 0 Å². The molecule has 0 fully saturated rings. The van der Waals surface area contributed by atoms with Crippen LogP contribution in [0.5, 0.6) is 0 Å². The van der Waals surface area contributed by atoms with Crippen LogP contribution in [0, 0.1) is 0 Å². The lowest BCUT2D eigenvalue weighted by Crippen LogP contribution is -2.30. The summed E-state index contributed by atoms with van der Waals surface area (Å²) in [4.78, 5) is 12.0. The number of carbonyl (C=O) groups is 1. The number of amides is 1. The van der Waals surface area contributed by atoms with Crippen molar-refractivity contribution in [1.29, 1.82) is 0 Å². The minimum atomic E-state index is -3.54. The van der Waals surface area contributed by atoms with Gasteiger partial charge < -0.3 is 5.32 Å². The second-order valence-corrected chi connectivity index (χ2v) is 7.59.